The van der Waals surface area contributed by atoms with Crippen LogP contribution >= 0.6 is 0 Å². The molecule has 84 valence electrons. The summed E-state index contributed by atoms with van der Waals surface area (Å²) < 4.78 is 0. The van der Waals surface area contributed by atoms with Gasteiger partial charge in [0.15, 0.2) is 0 Å². The van der Waals surface area contributed by atoms with E-state index in [4.69, 9.17) is 0 Å². The predicted molar refractivity (Wildman–Crippen MR) is 67.5 cm³/mol. The molecule has 0 heterocycles. The van der Waals surface area contributed by atoms with E-state index in [0.29, 0.717) is 5.92 Å². The maximum absolute atomic E-state index is 3.48. The van der Waals surface area contributed by atoms with Crippen LogP contribution < -0.4 is 5.32 Å². The van der Waals surface area contributed by atoms with Gasteiger partial charge in [0.2, 0.25) is 0 Å². The number of hydrogen-bond acceptors (Lipinski definition) is 1. The molecule has 1 atom stereocenters. The van der Waals surface area contributed by atoms with Crippen molar-refractivity contribution in [3.05, 3.63) is 34.9 Å². The van der Waals surface area contributed by atoms with Crippen LogP contribution in [0.4, 0.5) is 0 Å². The minimum atomic E-state index is 0.608. The fourth-order valence-electron chi connectivity index (χ4n) is 1.90. The second-order valence-corrected chi connectivity index (χ2v) is 4.47. The van der Waals surface area contributed by atoms with Gasteiger partial charge in [-0.15, -0.1) is 0 Å². The van der Waals surface area contributed by atoms with E-state index in [1.54, 1.807) is 0 Å². The number of nitrogens with one attached hydrogen (secondary N) is 1. The summed E-state index contributed by atoms with van der Waals surface area (Å²) in [6.07, 6.45) is 1.21. The van der Waals surface area contributed by atoms with Crippen molar-refractivity contribution in [1.82, 2.24) is 5.32 Å². The van der Waals surface area contributed by atoms with Crippen LogP contribution in [0.15, 0.2) is 18.2 Å². The molecule has 0 aliphatic carbocycles. The molecule has 1 unspecified atom stereocenters. The monoisotopic (exact) mass is 205 g/mol. The Labute approximate surface area is 93.9 Å². The second kappa shape index (κ2) is 5.92. The highest BCUT2D eigenvalue weighted by molar-refractivity contribution is 5.33. The van der Waals surface area contributed by atoms with Gasteiger partial charge in [0, 0.05) is 6.54 Å². The van der Waals surface area contributed by atoms with Crippen molar-refractivity contribution in [1.29, 1.82) is 0 Å². The molecular weight excluding hydrogens is 182 g/mol. The zero-order valence-electron chi connectivity index (χ0n) is 10.4. The second-order valence-electron chi connectivity index (χ2n) is 4.47. The van der Waals surface area contributed by atoms with E-state index in [1.807, 2.05) is 0 Å². The van der Waals surface area contributed by atoms with Crippen molar-refractivity contribution in [3.8, 4) is 0 Å². The molecule has 0 aliphatic rings. The maximum atomic E-state index is 3.48. The third kappa shape index (κ3) is 3.67. The van der Waals surface area contributed by atoms with Gasteiger partial charge in [0.05, 0.1) is 0 Å². The first kappa shape index (κ1) is 12.3. The van der Waals surface area contributed by atoms with E-state index in [9.17, 15) is 0 Å². The predicted octanol–water partition coefficient (Wildman–Crippen LogP) is 3.41. The Hall–Kier alpha value is -0.820. The zero-order chi connectivity index (χ0) is 11.3. The van der Waals surface area contributed by atoms with Gasteiger partial charge in [0.1, 0.15) is 0 Å². The topological polar surface area (TPSA) is 12.0 Å². The summed E-state index contributed by atoms with van der Waals surface area (Å²) in [6, 6.07) is 6.72. The SMILES string of the molecule is CCCNCC(C)c1cc(C)ccc1C. The molecule has 1 nitrogen and oxygen atoms in total. The van der Waals surface area contributed by atoms with E-state index in [2.05, 4.69) is 51.2 Å². The lowest BCUT2D eigenvalue weighted by molar-refractivity contribution is 0.607. The molecule has 1 heteroatoms. The van der Waals surface area contributed by atoms with Crippen LogP contribution in [0.3, 0.4) is 0 Å². The third-order valence-corrected chi connectivity index (χ3v) is 2.84. The van der Waals surface area contributed by atoms with E-state index in [0.717, 1.165) is 13.1 Å². The van der Waals surface area contributed by atoms with Gasteiger partial charge in [-0.25, -0.2) is 0 Å². The Morgan fingerprint density at radius 2 is 2.00 bits per heavy atom. The third-order valence-electron chi connectivity index (χ3n) is 2.84. The maximum Gasteiger partial charge on any atom is 0.00175 e. The van der Waals surface area contributed by atoms with Crippen LogP contribution in [0, 0.1) is 13.8 Å². The van der Waals surface area contributed by atoms with Gasteiger partial charge in [-0.1, -0.05) is 37.6 Å². The molecule has 0 fully saturated rings. The van der Waals surface area contributed by atoms with E-state index >= 15 is 0 Å². The molecule has 0 saturated carbocycles. The van der Waals surface area contributed by atoms with E-state index in [-0.39, 0.29) is 0 Å². The first-order chi connectivity index (χ1) is 7.15. The van der Waals surface area contributed by atoms with Gasteiger partial charge in [-0.3, -0.25) is 0 Å². The van der Waals surface area contributed by atoms with Crippen molar-refractivity contribution in [3.63, 3.8) is 0 Å². The standard InChI is InChI=1S/C14H23N/c1-5-8-15-10-13(4)14-9-11(2)6-7-12(14)3/h6-7,9,13,15H,5,8,10H2,1-4H3. The highest BCUT2D eigenvalue weighted by Crippen LogP contribution is 2.20. The van der Waals surface area contributed by atoms with Gasteiger partial charge in [-0.2, -0.15) is 0 Å². The van der Waals surface area contributed by atoms with Gasteiger partial charge >= 0.3 is 0 Å². The lowest BCUT2D eigenvalue weighted by atomic mass is 9.94. The minimum absolute atomic E-state index is 0.608. The summed E-state index contributed by atoms with van der Waals surface area (Å²) in [6.45, 7) is 11.1. The van der Waals surface area contributed by atoms with Crippen LogP contribution in [0.5, 0.6) is 0 Å². The van der Waals surface area contributed by atoms with Crippen LogP contribution in [0.25, 0.3) is 0 Å². The van der Waals surface area contributed by atoms with Crippen molar-refractivity contribution >= 4 is 0 Å². The number of aryl methyl sites for hydroxylation is 2. The van der Waals surface area contributed by atoms with Crippen molar-refractivity contribution in [2.45, 2.75) is 40.0 Å². The summed E-state index contributed by atoms with van der Waals surface area (Å²) in [7, 11) is 0. The van der Waals surface area contributed by atoms with Gasteiger partial charge in [-0.05, 0) is 43.9 Å². The first-order valence-electron chi connectivity index (χ1n) is 5.93. The van der Waals surface area contributed by atoms with E-state index < -0.39 is 0 Å². The Kier molecular flexibility index (Phi) is 4.83. The smallest absolute Gasteiger partial charge is 0.00175 e. The zero-order valence-corrected chi connectivity index (χ0v) is 10.4. The molecule has 0 saturated heterocycles. The Bertz CT molecular complexity index is 304. The Morgan fingerprint density at radius 3 is 2.67 bits per heavy atom. The van der Waals surface area contributed by atoms with Crippen LogP contribution in [0.1, 0.15) is 42.9 Å². The molecule has 0 aliphatic heterocycles. The molecule has 1 rings (SSSR count). The van der Waals surface area contributed by atoms with Crippen LogP contribution in [0.2, 0.25) is 0 Å². The Morgan fingerprint density at radius 1 is 1.27 bits per heavy atom. The van der Waals surface area contributed by atoms with E-state index in [1.165, 1.54) is 23.1 Å². The van der Waals surface area contributed by atoms with Crippen molar-refractivity contribution in [2.24, 2.45) is 0 Å². The molecule has 0 spiro atoms. The summed E-state index contributed by atoms with van der Waals surface area (Å²) >= 11 is 0. The summed E-state index contributed by atoms with van der Waals surface area (Å²) in [5.41, 5.74) is 4.25. The average molecular weight is 205 g/mol. The average Bonchev–Trinajstić information content (AvgIpc) is 2.22. The lowest BCUT2D eigenvalue weighted by Gasteiger charge is -2.16. The summed E-state index contributed by atoms with van der Waals surface area (Å²) in [5.74, 6) is 0.608. The molecule has 0 aromatic heterocycles. The van der Waals surface area contributed by atoms with Crippen LogP contribution in [-0.2, 0) is 0 Å². The van der Waals surface area contributed by atoms with Crippen LogP contribution in [-0.4, -0.2) is 13.1 Å². The highest BCUT2D eigenvalue weighted by Gasteiger charge is 2.07. The first-order valence-corrected chi connectivity index (χ1v) is 5.93. The summed E-state index contributed by atoms with van der Waals surface area (Å²) in [4.78, 5) is 0. The largest absolute Gasteiger partial charge is 0.316 e. The normalized spacial score (nSPS) is 12.8. The Balaban J connectivity index is 2.64. The number of benzene rings is 1. The molecule has 1 aromatic rings. The number of rotatable bonds is 5. The molecule has 0 amide bonds. The molecular formula is C14H23N. The molecule has 1 N–H and O–H groups in total. The quantitative estimate of drug-likeness (QED) is 0.726. The molecule has 0 radical (unpaired) electrons. The molecule has 0 bridgehead atoms. The highest BCUT2D eigenvalue weighted by atomic mass is 14.8. The number of hydrogen-bond donors (Lipinski definition) is 1. The molecule has 15 heavy (non-hydrogen) atoms. The van der Waals surface area contributed by atoms with Crippen molar-refractivity contribution in [2.75, 3.05) is 13.1 Å². The fourth-order valence-corrected chi connectivity index (χ4v) is 1.90. The minimum Gasteiger partial charge on any atom is -0.316 e. The summed E-state index contributed by atoms with van der Waals surface area (Å²) in [5, 5.41) is 3.48. The molecule has 1 aromatic carbocycles. The fraction of sp³-hybridized carbons (Fsp3) is 0.571. The lowest BCUT2D eigenvalue weighted by Crippen LogP contribution is -2.21. The van der Waals surface area contributed by atoms with Gasteiger partial charge in [0.25, 0.3) is 0 Å². The van der Waals surface area contributed by atoms with Crippen molar-refractivity contribution < 1.29 is 0 Å². The van der Waals surface area contributed by atoms with Gasteiger partial charge < -0.3 is 5.32 Å².